The van der Waals surface area contributed by atoms with Gasteiger partial charge in [0.15, 0.2) is 0 Å². The van der Waals surface area contributed by atoms with E-state index in [4.69, 9.17) is 0 Å². The Balaban J connectivity index is 1.38. The van der Waals surface area contributed by atoms with Crippen molar-refractivity contribution in [1.29, 1.82) is 0 Å². The highest BCUT2D eigenvalue weighted by Gasteiger charge is 2.25. The molecule has 1 N–H and O–H groups in total. The summed E-state index contributed by atoms with van der Waals surface area (Å²) >= 11 is 0. The minimum Gasteiger partial charge on any atom is -0.356 e. The van der Waals surface area contributed by atoms with Crippen LogP contribution in [0, 0.1) is 25.7 Å². The van der Waals surface area contributed by atoms with E-state index in [1.807, 2.05) is 24.0 Å². The first-order chi connectivity index (χ1) is 13.0. The smallest absolute Gasteiger partial charge is 0.223 e. The van der Waals surface area contributed by atoms with Gasteiger partial charge in [-0.25, -0.2) is 0 Å². The molecule has 1 aliphatic heterocycles. The Labute approximate surface area is 162 Å². The molecule has 3 heterocycles. The number of piperidine rings is 1. The van der Waals surface area contributed by atoms with Crippen LogP contribution in [0.4, 0.5) is 0 Å². The number of aryl methyl sites for hydroxylation is 2. The van der Waals surface area contributed by atoms with E-state index in [1.165, 1.54) is 11.3 Å². The lowest BCUT2D eigenvalue weighted by molar-refractivity contribution is -0.126. The molecule has 146 valence electrons. The van der Waals surface area contributed by atoms with Crippen LogP contribution in [-0.2, 0) is 17.9 Å². The van der Waals surface area contributed by atoms with Crippen LogP contribution in [0.3, 0.4) is 0 Å². The minimum atomic E-state index is 0.138. The fourth-order valence-electron chi connectivity index (χ4n) is 3.74. The fraction of sp³-hybridized carbons (Fsp3) is 0.571. The van der Waals surface area contributed by atoms with Crippen molar-refractivity contribution < 1.29 is 4.79 Å². The van der Waals surface area contributed by atoms with Crippen molar-refractivity contribution in [3.63, 3.8) is 0 Å². The second-order valence-corrected chi connectivity index (χ2v) is 7.87. The number of hydrogen-bond acceptors (Lipinski definition) is 4. The van der Waals surface area contributed by atoms with Crippen molar-refractivity contribution >= 4 is 5.91 Å². The molecule has 0 aliphatic carbocycles. The second kappa shape index (κ2) is 9.13. The number of carbonyl (C=O) groups is 1. The first kappa shape index (κ1) is 19.5. The summed E-state index contributed by atoms with van der Waals surface area (Å²) in [6.45, 7) is 10.7. The summed E-state index contributed by atoms with van der Waals surface area (Å²) < 4.78 is 2.03. The monoisotopic (exact) mass is 369 g/mol. The van der Waals surface area contributed by atoms with E-state index >= 15 is 0 Å². The van der Waals surface area contributed by atoms with Crippen LogP contribution in [-0.4, -0.2) is 45.2 Å². The van der Waals surface area contributed by atoms with Gasteiger partial charge in [-0.15, -0.1) is 0 Å². The van der Waals surface area contributed by atoms with E-state index in [1.54, 1.807) is 0 Å². The SMILES string of the molecule is Cc1cc(C)n(CC(C)CNC(=O)C2CCN(Cc3ccncc3)CC2)n1. The Hall–Kier alpha value is -2.21. The summed E-state index contributed by atoms with van der Waals surface area (Å²) in [4.78, 5) is 19.0. The van der Waals surface area contributed by atoms with Crippen molar-refractivity contribution in [2.75, 3.05) is 19.6 Å². The van der Waals surface area contributed by atoms with Gasteiger partial charge in [-0.05, 0) is 69.5 Å². The molecule has 3 rings (SSSR count). The maximum Gasteiger partial charge on any atom is 0.223 e. The molecule has 1 amide bonds. The number of hydrogen-bond donors (Lipinski definition) is 1. The van der Waals surface area contributed by atoms with Gasteiger partial charge in [0.25, 0.3) is 0 Å². The zero-order chi connectivity index (χ0) is 19.2. The molecule has 1 fully saturated rings. The number of likely N-dealkylation sites (tertiary alicyclic amines) is 1. The van der Waals surface area contributed by atoms with Crippen molar-refractivity contribution in [3.8, 4) is 0 Å². The number of amides is 1. The zero-order valence-electron chi connectivity index (χ0n) is 16.7. The van der Waals surface area contributed by atoms with Crippen LogP contribution in [0.15, 0.2) is 30.6 Å². The molecule has 2 aromatic heterocycles. The molecule has 6 nitrogen and oxygen atoms in total. The third-order valence-corrected chi connectivity index (χ3v) is 5.33. The molecule has 6 heteroatoms. The summed E-state index contributed by atoms with van der Waals surface area (Å²) in [7, 11) is 0. The van der Waals surface area contributed by atoms with Crippen LogP contribution >= 0.6 is 0 Å². The Morgan fingerprint density at radius 1 is 1.26 bits per heavy atom. The molecular formula is C21H31N5O. The third kappa shape index (κ3) is 5.63. The average molecular weight is 370 g/mol. The van der Waals surface area contributed by atoms with Gasteiger partial charge in [0, 0.05) is 43.6 Å². The maximum atomic E-state index is 12.5. The van der Waals surface area contributed by atoms with Crippen LogP contribution in [0.25, 0.3) is 0 Å². The quantitative estimate of drug-likeness (QED) is 0.815. The molecule has 1 atom stereocenters. The van der Waals surface area contributed by atoms with Gasteiger partial charge in [0.05, 0.1) is 5.69 Å². The average Bonchev–Trinajstić information content (AvgIpc) is 2.98. The molecule has 1 unspecified atom stereocenters. The van der Waals surface area contributed by atoms with E-state index in [0.29, 0.717) is 12.5 Å². The number of rotatable bonds is 7. The lowest BCUT2D eigenvalue weighted by atomic mass is 9.95. The summed E-state index contributed by atoms with van der Waals surface area (Å²) in [5, 5.41) is 7.66. The van der Waals surface area contributed by atoms with Gasteiger partial charge in [-0.3, -0.25) is 19.4 Å². The molecule has 0 bridgehead atoms. The summed E-state index contributed by atoms with van der Waals surface area (Å²) in [6.07, 6.45) is 5.54. The Morgan fingerprint density at radius 2 is 1.96 bits per heavy atom. The number of nitrogens with one attached hydrogen (secondary N) is 1. The Bertz CT molecular complexity index is 734. The fourth-order valence-corrected chi connectivity index (χ4v) is 3.74. The molecule has 0 radical (unpaired) electrons. The van der Waals surface area contributed by atoms with E-state index in [2.05, 4.69) is 52.3 Å². The van der Waals surface area contributed by atoms with Crippen molar-refractivity contribution in [2.45, 2.75) is 46.7 Å². The van der Waals surface area contributed by atoms with E-state index in [-0.39, 0.29) is 11.8 Å². The van der Waals surface area contributed by atoms with Crippen LogP contribution in [0.2, 0.25) is 0 Å². The molecule has 27 heavy (non-hydrogen) atoms. The lowest BCUT2D eigenvalue weighted by Crippen LogP contribution is -2.41. The van der Waals surface area contributed by atoms with Gasteiger partial charge in [-0.1, -0.05) is 6.92 Å². The number of aromatic nitrogens is 3. The highest BCUT2D eigenvalue weighted by Crippen LogP contribution is 2.19. The number of carbonyl (C=O) groups excluding carboxylic acids is 1. The van der Waals surface area contributed by atoms with E-state index in [0.717, 1.165) is 44.7 Å². The Kier molecular flexibility index (Phi) is 6.61. The van der Waals surface area contributed by atoms with E-state index in [9.17, 15) is 4.79 Å². The first-order valence-electron chi connectivity index (χ1n) is 9.91. The molecular weight excluding hydrogens is 338 g/mol. The molecule has 2 aromatic rings. The molecule has 1 saturated heterocycles. The van der Waals surface area contributed by atoms with Gasteiger partial charge in [0.1, 0.15) is 0 Å². The van der Waals surface area contributed by atoms with Crippen molar-refractivity contribution in [3.05, 3.63) is 47.5 Å². The van der Waals surface area contributed by atoms with Gasteiger partial charge in [0.2, 0.25) is 5.91 Å². The molecule has 0 spiro atoms. The van der Waals surface area contributed by atoms with Crippen molar-refractivity contribution in [2.24, 2.45) is 11.8 Å². The largest absolute Gasteiger partial charge is 0.356 e. The Morgan fingerprint density at radius 3 is 2.59 bits per heavy atom. The molecule has 0 saturated carbocycles. The normalized spacial score (nSPS) is 17.0. The predicted molar refractivity (Wildman–Crippen MR) is 106 cm³/mol. The highest BCUT2D eigenvalue weighted by molar-refractivity contribution is 5.78. The van der Waals surface area contributed by atoms with E-state index < -0.39 is 0 Å². The van der Waals surface area contributed by atoms with Crippen molar-refractivity contribution in [1.82, 2.24) is 25.0 Å². The molecule has 0 aromatic carbocycles. The topological polar surface area (TPSA) is 63.1 Å². The van der Waals surface area contributed by atoms with Crippen LogP contribution in [0.1, 0.15) is 36.7 Å². The second-order valence-electron chi connectivity index (χ2n) is 7.87. The van der Waals surface area contributed by atoms with Gasteiger partial charge < -0.3 is 5.32 Å². The first-order valence-corrected chi connectivity index (χ1v) is 9.91. The summed E-state index contributed by atoms with van der Waals surface area (Å²) in [5.41, 5.74) is 3.50. The maximum absolute atomic E-state index is 12.5. The summed E-state index contributed by atoms with van der Waals surface area (Å²) in [5.74, 6) is 0.706. The lowest BCUT2D eigenvalue weighted by Gasteiger charge is -2.31. The third-order valence-electron chi connectivity index (χ3n) is 5.33. The standard InChI is InChI=1S/C21H31N5O/c1-16(14-26-18(3)12-17(2)24-26)13-23-21(27)20-6-10-25(11-7-20)15-19-4-8-22-9-5-19/h4-5,8-9,12,16,20H,6-7,10-11,13-15H2,1-3H3,(H,23,27). The number of pyridine rings is 1. The van der Waals surface area contributed by atoms with Gasteiger partial charge in [-0.2, -0.15) is 5.10 Å². The number of nitrogens with zero attached hydrogens (tertiary/aromatic N) is 4. The highest BCUT2D eigenvalue weighted by atomic mass is 16.1. The summed E-state index contributed by atoms with van der Waals surface area (Å²) in [6, 6.07) is 6.21. The predicted octanol–water partition coefficient (Wildman–Crippen LogP) is 2.56. The van der Waals surface area contributed by atoms with Crippen LogP contribution < -0.4 is 5.32 Å². The minimum absolute atomic E-state index is 0.138. The van der Waals surface area contributed by atoms with Gasteiger partial charge >= 0.3 is 0 Å². The van der Waals surface area contributed by atoms with Crippen LogP contribution in [0.5, 0.6) is 0 Å². The zero-order valence-corrected chi connectivity index (χ0v) is 16.7. The molecule has 1 aliphatic rings.